The molecule has 1 rings (SSSR count). The highest BCUT2D eigenvalue weighted by Gasteiger charge is 2.22. The van der Waals surface area contributed by atoms with Crippen molar-refractivity contribution in [1.82, 2.24) is 5.32 Å². The lowest BCUT2D eigenvalue weighted by molar-refractivity contribution is -0.139. The average molecular weight is 323 g/mol. The van der Waals surface area contributed by atoms with Crippen molar-refractivity contribution >= 4 is 29.4 Å². The summed E-state index contributed by atoms with van der Waals surface area (Å²) in [5, 5.41) is 11.7. The summed E-state index contributed by atoms with van der Waals surface area (Å²) in [7, 11) is 0. The first-order valence-electron chi connectivity index (χ1n) is 7.07. The Hall–Kier alpha value is -1.82. The van der Waals surface area contributed by atoms with Gasteiger partial charge in [0.1, 0.15) is 6.04 Å². The SMILES string of the molecule is CCC(=O)c1cccc(C(=O)NC(CCSC)C(=O)O)c1C. The van der Waals surface area contributed by atoms with Crippen LogP contribution in [-0.4, -0.2) is 40.8 Å². The van der Waals surface area contributed by atoms with Gasteiger partial charge < -0.3 is 10.4 Å². The van der Waals surface area contributed by atoms with Crippen LogP contribution in [0.5, 0.6) is 0 Å². The Balaban J connectivity index is 2.97. The second-order valence-electron chi connectivity index (χ2n) is 4.90. The van der Waals surface area contributed by atoms with Gasteiger partial charge in [0.25, 0.3) is 5.91 Å². The number of rotatable bonds is 8. The Bertz CT molecular complexity index is 571. The molecule has 0 saturated carbocycles. The third-order valence-corrected chi connectivity index (χ3v) is 4.06. The molecule has 1 aromatic carbocycles. The molecule has 0 heterocycles. The minimum Gasteiger partial charge on any atom is -0.480 e. The average Bonchev–Trinajstić information content (AvgIpc) is 2.50. The van der Waals surface area contributed by atoms with Gasteiger partial charge in [0, 0.05) is 17.5 Å². The standard InChI is InChI=1S/C16H21NO4S/c1-4-14(18)11-6-5-7-12(10(11)2)15(19)17-13(16(20)21)8-9-22-3/h5-7,13H,4,8-9H2,1-3H3,(H,17,19)(H,20,21). The van der Waals surface area contributed by atoms with Crippen LogP contribution in [-0.2, 0) is 4.79 Å². The summed E-state index contributed by atoms with van der Waals surface area (Å²) in [5.41, 5.74) is 1.43. The maximum absolute atomic E-state index is 12.3. The fourth-order valence-electron chi connectivity index (χ4n) is 2.10. The Labute approximate surface area is 134 Å². The van der Waals surface area contributed by atoms with E-state index in [-0.39, 0.29) is 5.78 Å². The van der Waals surface area contributed by atoms with Crippen LogP contribution < -0.4 is 5.32 Å². The van der Waals surface area contributed by atoms with E-state index in [0.717, 1.165) is 0 Å². The predicted molar refractivity (Wildman–Crippen MR) is 87.7 cm³/mol. The van der Waals surface area contributed by atoms with Gasteiger partial charge in [0.15, 0.2) is 5.78 Å². The van der Waals surface area contributed by atoms with E-state index in [1.807, 2.05) is 6.26 Å². The van der Waals surface area contributed by atoms with Gasteiger partial charge in [-0.1, -0.05) is 19.1 Å². The quantitative estimate of drug-likeness (QED) is 0.718. The lowest BCUT2D eigenvalue weighted by atomic mass is 9.97. The first-order valence-corrected chi connectivity index (χ1v) is 8.47. The third kappa shape index (κ3) is 4.59. The number of carbonyl (C=O) groups excluding carboxylic acids is 2. The van der Waals surface area contributed by atoms with E-state index in [1.54, 1.807) is 32.0 Å². The molecular weight excluding hydrogens is 302 g/mol. The van der Waals surface area contributed by atoms with Crippen LogP contribution in [0, 0.1) is 6.92 Å². The second-order valence-corrected chi connectivity index (χ2v) is 5.89. The van der Waals surface area contributed by atoms with E-state index in [1.165, 1.54) is 11.8 Å². The smallest absolute Gasteiger partial charge is 0.326 e. The summed E-state index contributed by atoms with van der Waals surface area (Å²) in [4.78, 5) is 35.4. The molecule has 0 bridgehead atoms. The molecule has 0 saturated heterocycles. The number of benzene rings is 1. The molecule has 5 nitrogen and oxygen atoms in total. The summed E-state index contributed by atoms with van der Waals surface area (Å²) in [6.07, 6.45) is 2.59. The van der Waals surface area contributed by atoms with E-state index in [0.29, 0.717) is 35.3 Å². The van der Waals surface area contributed by atoms with Crippen molar-refractivity contribution in [3.8, 4) is 0 Å². The van der Waals surface area contributed by atoms with Crippen LogP contribution in [0.4, 0.5) is 0 Å². The Morgan fingerprint density at radius 3 is 2.45 bits per heavy atom. The molecule has 2 N–H and O–H groups in total. The van der Waals surface area contributed by atoms with Crippen molar-refractivity contribution in [2.24, 2.45) is 0 Å². The van der Waals surface area contributed by atoms with Crippen molar-refractivity contribution in [1.29, 1.82) is 0 Å². The maximum Gasteiger partial charge on any atom is 0.326 e. The molecule has 0 fully saturated rings. The van der Waals surface area contributed by atoms with E-state index < -0.39 is 17.9 Å². The molecule has 0 radical (unpaired) electrons. The summed E-state index contributed by atoms with van der Waals surface area (Å²) in [6, 6.07) is 4.00. The van der Waals surface area contributed by atoms with E-state index in [9.17, 15) is 14.4 Å². The van der Waals surface area contributed by atoms with Gasteiger partial charge in [-0.15, -0.1) is 0 Å². The van der Waals surface area contributed by atoms with E-state index >= 15 is 0 Å². The Kier molecular flexibility index (Phi) is 7.11. The normalized spacial score (nSPS) is 11.8. The maximum atomic E-state index is 12.3. The van der Waals surface area contributed by atoms with Crippen LogP contribution in [0.1, 0.15) is 46.0 Å². The molecule has 0 aliphatic carbocycles. The second kappa shape index (κ2) is 8.58. The molecule has 22 heavy (non-hydrogen) atoms. The largest absolute Gasteiger partial charge is 0.480 e. The fraction of sp³-hybridized carbons (Fsp3) is 0.438. The number of ketones is 1. The number of carboxylic acid groups (broad SMARTS) is 1. The fourth-order valence-corrected chi connectivity index (χ4v) is 2.57. The molecular formula is C16H21NO4S. The van der Waals surface area contributed by atoms with Crippen LogP contribution in [0.15, 0.2) is 18.2 Å². The van der Waals surface area contributed by atoms with Crippen molar-refractivity contribution in [3.05, 3.63) is 34.9 Å². The van der Waals surface area contributed by atoms with Crippen LogP contribution in [0.25, 0.3) is 0 Å². The number of Topliss-reactive ketones (excluding diaryl/α,β-unsaturated/α-hetero) is 1. The number of aliphatic carboxylic acids is 1. The number of hydrogen-bond acceptors (Lipinski definition) is 4. The molecule has 1 aromatic rings. The highest BCUT2D eigenvalue weighted by molar-refractivity contribution is 7.98. The minimum atomic E-state index is -1.05. The minimum absolute atomic E-state index is 0.0377. The zero-order valence-electron chi connectivity index (χ0n) is 13.0. The molecule has 0 aromatic heterocycles. The summed E-state index contributed by atoms with van der Waals surface area (Å²) < 4.78 is 0. The van der Waals surface area contributed by atoms with Gasteiger partial charge in [-0.3, -0.25) is 9.59 Å². The Morgan fingerprint density at radius 2 is 1.91 bits per heavy atom. The highest BCUT2D eigenvalue weighted by Crippen LogP contribution is 2.16. The first kappa shape index (κ1) is 18.2. The van der Waals surface area contributed by atoms with Crippen molar-refractivity contribution < 1.29 is 19.5 Å². The highest BCUT2D eigenvalue weighted by atomic mass is 32.2. The molecule has 0 aliphatic rings. The van der Waals surface area contributed by atoms with Crippen LogP contribution in [0.2, 0.25) is 0 Å². The number of carboxylic acids is 1. The topological polar surface area (TPSA) is 83.5 Å². The van der Waals surface area contributed by atoms with Crippen LogP contribution >= 0.6 is 11.8 Å². The van der Waals surface area contributed by atoms with Gasteiger partial charge in [-0.05, 0) is 37.0 Å². The third-order valence-electron chi connectivity index (χ3n) is 3.41. The van der Waals surface area contributed by atoms with Gasteiger partial charge in [0.05, 0.1) is 0 Å². The lowest BCUT2D eigenvalue weighted by Gasteiger charge is -2.16. The predicted octanol–water partition coefficient (Wildman–Crippen LogP) is 2.52. The molecule has 0 spiro atoms. The van der Waals surface area contributed by atoms with Gasteiger partial charge in [-0.25, -0.2) is 4.79 Å². The molecule has 1 atom stereocenters. The summed E-state index contributed by atoms with van der Waals surface area (Å²) in [6.45, 7) is 3.47. The van der Waals surface area contributed by atoms with Gasteiger partial charge in [0.2, 0.25) is 0 Å². The van der Waals surface area contributed by atoms with Crippen molar-refractivity contribution in [2.45, 2.75) is 32.7 Å². The number of amides is 1. The summed E-state index contributed by atoms with van der Waals surface area (Å²) in [5.74, 6) is -0.910. The van der Waals surface area contributed by atoms with E-state index in [2.05, 4.69) is 5.32 Å². The zero-order chi connectivity index (χ0) is 16.7. The lowest BCUT2D eigenvalue weighted by Crippen LogP contribution is -2.41. The molecule has 120 valence electrons. The van der Waals surface area contributed by atoms with Gasteiger partial charge in [-0.2, -0.15) is 11.8 Å². The zero-order valence-corrected chi connectivity index (χ0v) is 13.8. The number of hydrogen-bond donors (Lipinski definition) is 2. The summed E-state index contributed by atoms with van der Waals surface area (Å²) >= 11 is 1.52. The van der Waals surface area contributed by atoms with E-state index in [4.69, 9.17) is 5.11 Å². The number of carbonyl (C=O) groups is 3. The van der Waals surface area contributed by atoms with Crippen molar-refractivity contribution in [2.75, 3.05) is 12.0 Å². The monoisotopic (exact) mass is 323 g/mol. The molecule has 6 heteroatoms. The van der Waals surface area contributed by atoms with Gasteiger partial charge >= 0.3 is 5.97 Å². The number of thioether (sulfide) groups is 1. The molecule has 1 unspecified atom stereocenters. The number of nitrogens with one attached hydrogen (secondary N) is 1. The van der Waals surface area contributed by atoms with Crippen molar-refractivity contribution in [3.63, 3.8) is 0 Å². The molecule has 1 amide bonds. The Morgan fingerprint density at radius 1 is 1.27 bits per heavy atom. The first-order chi connectivity index (χ1) is 10.4. The van der Waals surface area contributed by atoms with Crippen LogP contribution in [0.3, 0.4) is 0 Å². The molecule has 0 aliphatic heterocycles.